The van der Waals surface area contributed by atoms with Crippen LogP contribution in [0, 0.1) is 0 Å². The summed E-state index contributed by atoms with van der Waals surface area (Å²) in [5, 5.41) is 11.4. The van der Waals surface area contributed by atoms with E-state index >= 15 is 0 Å². The molecule has 3 heterocycles. The third-order valence-corrected chi connectivity index (χ3v) is 5.39. The van der Waals surface area contributed by atoms with Crippen LogP contribution in [0.2, 0.25) is 0 Å². The molecule has 164 valence electrons. The van der Waals surface area contributed by atoms with Crippen LogP contribution >= 0.6 is 0 Å². The third-order valence-electron chi connectivity index (χ3n) is 5.39. The van der Waals surface area contributed by atoms with Crippen LogP contribution in [0.15, 0.2) is 72.9 Å². The molecule has 5 aromatic rings. The molecule has 0 aliphatic carbocycles. The number of hydrogen-bond acceptors (Lipinski definition) is 6. The summed E-state index contributed by atoms with van der Waals surface area (Å²) >= 11 is 0. The molecule has 0 atom stereocenters. The summed E-state index contributed by atoms with van der Waals surface area (Å²) in [4.78, 5) is 22.3. The summed E-state index contributed by atoms with van der Waals surface area (Å²) in [5.74, 6) is 0.969. The quantitative estimate of drug-likeness (QED) is 0.436. The lowest BCUT2D eigenvalue weighted by molar-refractivity contribution is 0.0945. The number of benzene rings is 2. The zero-order valence-electron chi connectivity index (χ0n) is 18.1. The van der Waals surface area contributed by atoms with E-state index in [-0.39, 0.29) is 18.1 Å². The highest BCUT2D eigenvalue weighted by atomic mass is 16.5. The number of ether oxygens (including phenoxy) is 1. The van der Waals surface area contributed by atoms with Crippen molar-refractivity contribution in [1.82, 2.24) is 34.8 Å². The van der Waals surface area contributed by atoms with Gasteiger partial charge in [0.1, 0.15) is 23.0 Å². The average molecular weight is 439 g/mol. The van der Waals surface area contributed by atoms with Crippen LogP contribution in [-0.2, 0) is 13.6 Å². The van der Waals surface area contributed by atoms with E-state index in [1.165, 1.54) is 0 Å². The van der Waals surface area contributed by atoms with Crippen molar-refractivity contribution in [1.29, 1.82) is 0 Å². The molecule has 0 saturated carbocycles. The molecule has 9 nitrogen and oxygen atoms in total. The number of fused-ring (bicyclic) bond motifs is 1. The van der Waals surface area contributed by atoms with E-state index in [2.05, 4.69) is 25.6 Å². The number of aryl methyl sites for hydroxylation is 1. The summed E-state index contributed by atoms with van der Waals surface area (Å²) in [5.41, 5.74) is 3.74. The number of aromatic nitrogens is 6. The van der Waals surface area contributed by atoms with Gasteiger partial charge in [-0.1, -0.05) is 35.5 Å². The number of rotatable bonds is 6. The van der Waals surface area contributed by atoms with Crippen LogP contribution in [0.25, 0.3) is 28.1 Å². The maximum absolute atomic E-state index is 13.2. The number of nitrogens with one attached hydrogen (secondary N) is 1. The topological polar surface area (TPSA) is 99.7 Å². The van der Waals surface area contributed by atoms with Crippen molar-refractivity contribution in [2.24, 2.45) is 7.05 Å². The smallest absolute Gasteiger partial charge is 0.274 e. The van der Waals surface area contributed by atoms with Crippen molar-refractivity contribution < 1.29 is 9.53 Å². The molecule has 0 radical (unpaired) electrons. The first-order valence-electron chi connectivity index (χ1n) is 10.4. The van der Waals surface area contributed by atoms with E-state index in [1.54, 1.807) is 18.0 Å². The predicted octanol–water partition coefficient (Wildman–Crippen LogP) is 3.15. The fourth-order valence-corrected chi connectivity index (χ4v) is 3.74. The summed E-state index contributed by atoms with van der Waals surface area (Å²) in [6.07, 6.45) is 1.66. The number of hydrogen-bond donors (Lipinski definition) is 1. The molecule has 0 fully saturated rings. The summed E-state index contributed by atoms with van der Waals surface area (Å²) in [6, 6.07) is 20.7. The van der Waals surface area contributed by atoms with E-state index in [1.807, 2.05) is 78.3 Å². The van der Waals surface area contributed by atoms with Gasteiger partial charge in [-0.05, 0) is 36.4 Å². The van der Waals surface area contributed by atoms with Crippen LogP contribution in [0.3, 0.4) is 0 Å². The number of methoxy groups -OCH3 is 1. The van der Waals surface area contributed by atoms with Gasteiger partial charge in [-0.3, -0.25) is 9.78 Å². The van der Waals surface area contributed by atoms with Crippen LogP contribution in [-0.4, -0.2) is 42.5 Å². The number of carbonyl (C=O) groups excluding carboxylic acids is 1. The minimum atomic E-state index is -0.371. The molecule has 0 unspecified atom stereocenters. The Hall–Kier alpha value is -4.53. The van der Waals surface area contributed by atoms with Gasteiger partial charge in [0.15, 0.2) is 5.69 Å². The Balaban J connectivity index is 1.51. The minimum Gasteiger partial charge on any atom is -0.494 e. The van der Waals surface area contributed by atoms with Crippen molar-refractivity contribution in [3.8, 4) is 22.8 Å². The first kappa shape index (κ1) is 20.4. The number of imidazole rings is 1. The van der Waals surface area contributed by atoms with Crippen molar-refractivity contribution in [3.05, 3.63) is 84.4 Å². The van der Waals surface area contributed by atoms with Crippen molar-refractivity contribution in [2.75, 3.05) is 7.11 Å². The van der Waals surface area contributed by atoms with Gasteiger partial charge in [-0.15, -0.1) is 5.10 Å². The standard InChI is InChI=1S/C24H21N7O2/c1-30-18-11-4-3-9-16(18)27-21(30)15-26-24(32)22-23(17-10-7-8-14-25-17)31(29-28-22)19-12-5-6-13-20(19)33-2/h3-14H,15H2,1-2H3,(H,26,32). The summed E-state index contributed by atoms with van der Waals surface area (Å²) in [6.45, 7) is 0.243. The zero-order chi connectivity index (χ0) is 22.8. The summed E-state index contributed by atoms with van der Waals surface area (Å²) in [7, 11) is 3.51. The molecule has 33 heavy (non-hydrogen) atoms. The number of nitrogens with zero attached hydrogens (tertiary/aromatic N) is 6. The van der Waals surface area contributed by atoms with Crippen LogP contribution in [0.4, 0.5) is 0 Å². The molecule has 2 aromatic carbocycles. The van der Waals surface area contributed by atoms with Crippen molar-refractivity contribution >= 4 is 16.9 Å². The van der Waals surface area contributed by atoms with E-state index in [4.69, 9.17) is 4.74 Å². The van der Waals surface area contributed by atoms with E-state index < -0.39 is 0 Å². The van der Waals surface area contributed by atoms with Gasteiger partial charge in [0.05, 0.1) is 30.4 Å². The van der Waals surface area contributed by atoms with E-state index in [9.17, 15) is 4.79 Å². The first-order chi connectivity index (χ1) is 16.2. The normalized spacial score (nSPS) is 11.0. The number of amides is 1. The minimum absolute atomic E-state index is 0.165. The Kier molecular flexibility index (Phi) is 5.27. The van der Waals surface area contributed by atoms with Crippen molar-refractivity contribution in [2.45, 2.75) is 6.54 Å². The highest BCUT2D eigenvalue weighted by Gasteiger charge is 2.24. The first-order valence-corrected chi connectivity index (χ1v) is 10.4. The molecule has 3 aromatic heterocycles. The maximum Gasteiger partial charge on any atom is 0.274 e. The van der Waals surface area contributed by atoms with Gasteiger partial charge in [0.25, 0.3) is 5.91 Å². The molecule has 0 aliphatic rings. The van der Waals surface area contributed by atoms with E-state index in [0.29, 0.717) is 22.8 Å². The third kappa shape index (κ3) is 3.69. The van der Waals surface area contributed by atoms with Gasteiger partial charge in [0.2, 0.25) is 0 Å². The molecule has 1 N–H and O–H groups in total. The lowest BCUT2D eigenvalue weighted by atomic mass is 10.2. The fourth-order valence-electron chi connectivity index (χ4n) is 3.74. The number of pyridine rings is 1. The molecule has 0 spiro atoms. The average Bonchev–Trinajstić information content (AvgIpc) is 3.45. The van der Waals surface area contributed by atoms with Gasteiger partial charge in [-0.25, -0.2) is 9.67 Å². The lowest BCUT2D eigenvalue weighted by Gasteiger charge is -2.11. The SMILES string of the molecule is COc1ccccc1-n1nnc(C(=O)NCc2nc3ccccc3n2C)c1-c1ccccn1. The van der Waals surface area contributed by atoms with Gasteiger partial charge in [0, 0.05) is 13.2 Å². The molecule has 5 rings (SSSR count). The number of carbonyl (C=O) groups is 1. The molecular formula is C24H21N7O2. The Morgan fingerprint density at radius 2 is 1.82 bits per heavy atom. The Morgan fingerprint density at radius 1 is 1.03 bits per heavy atom. The second kappa shape index (κ2) is 8.54. The largest absolute Gasteiger partial charge is 0.494 e. The molecule has 0 aliphatic heterocycles. The maximum atomic E-state index is 13.2. The molecule has 1 amide bonds. The molecule has 0 saturated heterocycles. The van der Waals surface area contributed by atoms with Gasteiger partial charge in [-0.2, -0.15) is 0 Å². The predicted molar refractivity (Wildman–Crippen MR) is 123 cm³/mol. The van der Waals surface area contributed by atoms with Crippen molar-refractivity contribution in [3.63, 3.8) is 0 Å². The Labute approximate surface area is 189 Å². The molecule has 0 bridgehead atoms. The zero-order valence-corrected chi connectivity index (χ0v) is 18.1. The lowest BCUT2D eigenvalue weighted by Crippen LogP contribution is -2.25. The molecule has 9 heteroatoms. The highest BCUT2D eigenvalue weighted by Crippen LogP contribution is 2.28. The van der Waals surface area contributed by atoms with Gasteiger partial charge < -0.3 is 14.6 Å². The van der Waals surface area contributed by atoms with Crippen LogP contribution in [0.1, 0.15) is 16.3 Å². The second-order valence-electron chi connectivity index (χ2n) is 7.34. The van der Waals surface area contributed by atoms with Crippen LogP contribution < -0.4 is 10.1 Å². The second-order valence-corrected chi connectivity index (χ2v) is 7.34. The Morgan fingerprint density at radius 3 is 2.61 bits per heavy atom. The van der Waals surface area contributed by atoms with E-state index in [0.717, 1.165) is 16.9 Å². The van der Waals surface area contributed by atoms with Gasteiger partial charge >= 0.3 is 0 Å². The Bertz CT molecular complexity index is 1440. The fraction of sp³-hybridized carbons (Fsp3) is 0.125. The number of para-hydroxylation sites is 4. The molecular weight excluding hydrogens is 418 g/mol. The summed E-state index contributed by atoms with van der Waals surface area (Å²) < 4.78 is 9.02. The highest BCUT2D eigenvalue weighted by molar-refractivity contribution is 5.98. The van der Waals surface area contributed by atoms with Crippen LogP contribution in [0.5, 0.6) is 5.75 Å². The monoisotopic (exact) mass is 439 g/mol.